The highest BCUT2D eigenvalue weighted by molar-refractivity contribution is 5.79. The van der Waals surface area contributed by atoms with Gasteiger partial charge in [-0.1, -0.05) is 5.16 Å². The monoisotopic (exact) mass is 257 g/mol. The van der Waals surface area contributed by atoms with E-state index in [-0.39, 0.29) is 12.4 Å². The van der Waals surface area contributed by atoms with Crippen LogP contribution in [0.5, 0.6) is 0 Å². The first-order chi connectivity index (χ1) is 9.28. The van der Waals surface area contributed by atoms with E-state index in [0.29, 0.717) is 5.82 Å². The highest BCUT2D eigenvalue weighted by Crippen LogP contribution is 2.21. The first-order valence-electron chi connectivity index (χ1n) is 5.71. The first kappa shape index (κ1) is 11.7. The van der Waals surface area contributed by atoms with Gasteiger partial charge in [0.25, 0.3) is 5.89 Å². The van der Waals surface area contributed by atoms with Crippen molar-refractivity contribution in [1.29, 1.82) is 0 Å². The minimum absolute atomic E-state index is 0.0326. The van der Waals surface area contributed by atoms with Crippen molar-refractivity contribution in [3.8, 4) is 11.4 Å². The Morgan fingerprint density at radius 3 is 2.79 bits per heavy atom. The van der Waals surface area contributed by atoms with Crippen molar-refractivity contribution in [2.75, 3.05) is 6.54 Å². The number of aliphatic hydroxyl groups excluding tert-OH is 1. The van der Waals surface area contributed by atoms with Crippen LogP contribution >= 0.6 is 0 Å². The molecule has 19 heavy (non-hydrogen) atoms. The number of hydrogen-bond donors (Lipinski definition) is 2. The zero-order chi connectivity index (χ0) is 13.2. The predicted molar refractivity (Wildman–Crippen MR) is 66.8 cm³/mol. The highest BCUT2D eigenvalue weighted by Gasteiger charge is 2.15. The van der Waals surface area contributed by atoms with Crippen LogP contribution in [0.4, 0.5) is 0 Å². The Balaban J connectivity index is 2.01. The molecule has 0 aliphatic heterocycles. The zero-order valence-electron chi connectivity index (χ0n) is 9.89. The molecule has 1 aromatic carbocycles. The van der Waals surface area contributed by atoms with Crippen LogP contribution < -0.4 is 5.73 Å². The lowest BCUT2D eigenvalue weighted by Crippen LogP contribution is -2.11. The van der Waals surface area contributed by atoms with Crippen molar-refractivity contribution < 1.29 is 9.63 Å². The second kappa shape index (κ2) is 4.71. The maximum atomic E-state index is 9.52. The molecule has 3 aromatic rings. The van der Waals surface area contributed by atoms with Crippen LogP contribution in [0.3, 0.4) is 0 Å². The van der Waals surface area contributed by atoms with E-state index in [2.05, 4.69) is 20.1 Å². The molecular weight excluding hydrogens is 246 g/mol. The minimum atomic E-state index is -0.943. The topological polar surface area (TPSA) is 111 Å². The Kier molecular flexibility index (Phi) is 2.90. The zero-order valence-corrected chi connectivity index (χ0v) is 9.89. The van der Waals surface area contributed by atoms with Crippen LogP contribution in [-0.4, -0.2) is 31.8 Å². The third kappa shape index (κ3) is 2.16. The van der Waals surface area contributed by atoms with Gasteiger partial charge in [0.15, 0.2) is 0 Å². The largest absolute Gasteiger partial charge is 0.382 e. The second-order valence-electron chi connectivity index (χ2n) is 3.97. The van der Waals surface area contributed by atoms with Crippen molar-refractivity contribution in [2.45, 2.75) is 6.10 Å². The SMILES string of the molecule is NCC(O)c1nc(-c2ccc3nccnc3c2)no1. The predicted octanol–water partition coefficient (Wildman–Crippen LogP) is 0.672. The Morgan fingerprint density at radius 2 is 2.00 bits per heavy atom. The quantitative estimate of drug-likeness (QED) is 0.709. The van der Waals surface area contributed by atoms with E-state index in [0.717, 1.165) is 16.6 Å². The number of nitrogens with two attached hydrogens (primary N) is 1. The van der Waals surface area contributed by atoms with Gasteiger partial charge >= 0.3 is 0 Å². The van der Waals surface area contributed by atoms with Gasteiger partial charge in [-0.3, -0.25) is 9.97 Å². The molecule has 2 heterocycles. The third-order valence-corrected chi connectivity index (χ3v) is 2.68. The molecule has 2 aromatic heterocycles. The molecule has 0 amide bonds. The van der Waals surface area contributed by atoms with E-state index in [4.69, 9.17) is 10.3 Å². The second-order valence-corrected chi connectivity index (χ2v) is 3.97. The van der Waals surface area contributed by atoms with E-state index in [1.807, 2.05) is 18.2 Å². The van der Waals surface area contributed by atoms with Gasteiger partial charge in [0.1, 0.15) is 6.10 Å². The lowest BCUT2D eigenvalue weighted by atomic mass is 10.2. The molecule has 7 heteroatoms. The van der Waals surface area contributed by atoms with Crippen LogP contribution in [0.25, 0.3) is 22.4 Å². The lowest BCUT2D eigenvalue weighted by molar-refractivity contribution is 0.141. The maximum Gasteiger partial charge on any atom is 0.257 e. The Morgan fingerprint density at radius 1 is 1.21 bits per heavy atom. The Hall–Kier alpha value is -2.38. The van der Waals surface area contributed by atoms with E-state index in [9.17, 15) is 5.11 Å². The van der Waals surface area contributed by atoms with Crippen molar-refractivity contribution in [3.63, 3.8) is 0 Å². The molecule has 0 saturated carbocycles. The first-order valence-corrected chi connectivity index (χ1v) is 5.71. The van der Waals surface area contributed by atoms with Gasteiger partial charge in [0, 0.05) is 24.5 Å². The number of aliphatic hydroxyl groups is 1. The van der Waals surface area contributed by atoms with Crippen molar-refractivity contribution in [1.82, 2.24) is 20.1 Å². The molecule has 1 atom stereocenters. The maximum absolute atomic E-state index is 9.52. The van der Waals surface area contributed by atoms with E-state index in [1.54, 1.807) is 12.4 Å². The lowest BCUT2D eigenvalue weighted by Gasteiger charge is -1.99. The fourth-order valence-corrected chi connectivity index (χ4v) is 1.69. The summed E-state index contributed by atoms with van der Waals surface area (Å²) < 4.78 is 4.96. The molecule has 7 nitrogen and oxygen atoms in total. The van der Waals surface area contributed by atoms with Crippen LogP contribution in [0, 0.1) is 0 Å². The summed E-state index contributed by atoms with van der Waals surface area (Å²) in [4.78, 5) is 12.5. The number of nitrogens with zero attached hydrogens (tertiary/aromatic N) is 4. The van der Waals surface area contributed by atoms with Gasteiger partial charge in [-0.05, 0) is 18.2 Å². The summed E-state index contributed by atoms with van der Waals surface area (Å²) >= 11 is 0. The van der Waals surface area contributed by atoms with Crippen LogP contribution in [0.1, 0.15) is 12.0 Å². The number of aromatic nitrogens is 4. The molecule has 0 fully saturated rings. The molecule has 0 radical (unpaired) electrons. The molecule has 0 bridgehead atoms. The van der Waals surface area contributed by atoms with Gasteiger partial charge in [-0.15, -0.1) is 0 Å². The smallest absolute Gasteiger partial charge is 0.257 e. The van der Waals surface area contributed by atoms with E-state index < -0.39 is 6.10 Å². The molecule has 0 spiro atoms. The average Bonchev–Trinajstić information content (AvgIpc) is 2.95. The molecule has 0 aliphatic carbocycles. The number of hydrogen-bond acceptors (Lipinski definition) is 7. The van der Waals surface area contributed by atoms with Gasteiger partial charge in [-0.2, -0.15) is 4.98 Å². The summed E-state index contributed by atoms with van der Waals surface area (Å²) in [6.07, 6.45) is 2.30. The molecule has 0 aliphatic rings. The average molecular weight is 257 g/mol. The Bertz CT molecular complexity index is 712. The van der Waals surface area contributed by atoms with Crippen LogP contribution in [0.2, 0.25) is 0 Å². The van der Waals surface area contributed by atoms with Gasteiger partial charge in [0.05, 0.1) is 11.0 Å². The summed E-state index contributed by atoms with van der Waals surface area (Å²) in [5.41, 5.74) is 7.60. The summed E-state index contributed by atoms with van der Waals surface area (Å²) in [6.45, 7) is 0.0326. The summed E-state index contributed by atoms with van der Waals surface area (Å²) in [6, 6.07) is 5.46. The number of fused-ring (bicyclic) bond motifs is 1. The minimum Gasteiger partial charge on any atom is -0.382 e. The molecule has 0 saturated heterocycles. The van der Waals surface area contributed by atoms with Crippen molar-refractivity contribution >= 4 is 11.0 Å². The van der Waals surface area contributed by atoms with E-state index in [1.165, 1.54) is 0 Å². The number of benzene rings is 1. The van der Waals surface area contributed by atoms with Gasteiger partial charge in [-0.25, -0.2) is 0 Å². The van der Waals surface area contributed by atoms with Crippen LogP contribution in [0.15, 0.2) is 35.1 Å². The molecule has 3 N–H and O–H groups in total. The highest BCUT2D eigenvalue weighted by atomic mass is 16.5. The summed E-state index contributed by atoms with van der Waals surface area (Å²) in [5.74, 6) is 0.492. The number of rotatable bonds is 3. The van der Waals surface area contributed by atoms with Crippen molar-refractivity contribution in [2.24, 2.45) is 5.73 Å². The van der Waals surface area contributed by atoms with E-state index >= 15 is 0 Å². The fraction of sp³-hybridized carbons (Fsp3) is 0.167. The summed E-state index contributed by atoms with van der Waals surface area (Å²) in [7, 11) is 0. The third-order valence-electron chi connectivity index (χ3n) is 2.68. The van der Waals surface area contributed by atoms with Gasteiger partial charge < -0.3 is 15.4 Å². The molecule has 3 rings (SSSR count). The van der Waals surface area contributed by atoms with Crippen LogP contribution in [-0.2, 0) is 0 Å². The van der Waals surface area contributed by atoms with Gasteiger partial charge in [0.2, 0.25) is 5.82 Å². The normalized spacial score (nSPS) is 12.7. The molecular formula is C12H11N5O2. The van der Waals surface area contributed by atoms with Crippen molar-refractivity contribution in [3.05, 3.63) is 36.5 Å². The Labute approximate surface area is 108 Å². The molecule has 96 valence electrons. The molecule has 1 unspecified atom stereocenters. The fourth-order valence-electron chi connectivity index (χ4n) is 1.69. The standard InChI is InChI=1S/C12H11N5O2/c13-6-10(18)12-16-11(17-19-12)7-1-2-8-9(5-7)15-4-3-14-8/h1-5,10,18H,6,13H2. The summed E-state index contributed by atoms with van der Waals surface area (Å²) in [5, 5.41) is 13.3.